The molecule has 0 bridgehead atoms. The van der Waals surface area contributed by atoms with E-state index in [0.29, 0.717) is 16.8 Å². The van der Waals surface area contributed by atoms with Crippen LogP contribution in [-0.4, -0.2) is 43.4 Å². The first-order valence-electron chi connectivity index (χ1n) is 10.0. The van der Waals surface area contributed by atoms with Crippen LogP contribution in [-0.2, 0) is 4.79 Å². The molecule has 28 heavy (non-hydrogen) atoms. The lowest BCUT2D eigenvalue weighted by molar-refractivity contribution is -0.131. The minimum atomic E-state index is 0.135. The maximum absolute atomic E-state index is 12.8. The topological polar surface area (TPSA) is 51.0 Å². The van der Waals surface area contributed by atoms with Crippen molar-refractivity contribution in [3.8, 4) is 11.4 Å². The summed E-state index contributed by atoms with van der Waals surface area (Å²) in [5, 5.41) is 10.4. The molecule has 1 heterocycles. The molecule has 1 saturated carbocycles. The van der Waals surface area contributed by atoms with Crippen LogP contribution in [0, 0.1) is 0 Å². The van der Waals surface area contributed by atoms with Gasteiger partial charge in [0.15, 0.2) is 11.0 Å². The molecule has 3 rings (SSSR count). The van der Waals surface area contributed by atoms with E-state index in [-0.39, 0.29) is 18.0 Å². The predicted octanol–water partition coefficient (Wildman–Crippen LogP) is 5.45. The number of carbonyl (C=O) groups excluding carboxylic acids is 1. The zero-order valence-corrected chi connectivity index (χ0v) is 18.6. The van der Waals surface area contributed by atoms with Crippen molar-refractivity contribution in [2.75, 3.05) is 5.75 Å². The van der Waals surface area contributed by atoms with Crippen molar-refractivity contribution >= 4 is 29.3 Å². The van der Waals surface area contributed by atoms with Gasteiger partial charge in [-0.15, -0.1) is 10.2 Å². The number of thioether (sulfide) groups is 1. The van der Waals surface area contributed by atoms with Gasteiger partial charge in [0, 0.05) is 23.7 Å². The molecule has 1 aromatic heterocycles. The number of carbonyl (C=O) groups is 1. The Labute approximate surface area is 176 Å². The van der Waals surface area contributed by atoms with E-state index in [1.165, 1.54) is 24.6 Å². The second-order valence-electron chi connectivity index (χ2n) is 7.87. The van der Waals surface area contributed by atoms with E-state index < -0.39 is 0 Å². The number of amides is 1. The first-order chi connectivity index (χ1) is 13.4. The highest BCUT2D eigenvalue weighted by molar-refractivity contribution is 7.99. The first kappa shape index (κ1) is 21.2. The standard InChI is InChI=1S/C21H29ClN4OS/c1-14(2)25(15(3)4)19(27)13-28-21-24-23-20(17-11-7-8-12-18(17)22)26(21)16-9-5-6-10-16/h7-8,11-12,14-16H,5-6,9-10,13H2,1-4H3. The van der Waals surface area contributed by atoms with Gasteiger partial charge < -0.3 is 4.90 Å². The monoisotopic (exact) mass is 420 g/mol. The zero-order chi connectivity index (χ0) is 20.3. The second kappa shape index (κ2) is 9.31. The maximum Gasteiger partial charge on any atom is 0.233 e. The number of halogens is 1. The average Bonchev–Trinajstić information content (AvgIpc) is 3.29. The molecule has 0 radical (unpaired) electrons. The molecule has 0 spiro atoms. The van der Waals surface area contributed by atoms with Gasteiger partial charge in [-0.3, -0.25) is 9.36 Å². The summed E-state index contributed by atoms with van der Waals surface area (Å²) >= 11 is 7.92. The van der Waals surface area contributed by atoms with Crippen molar-refractivity contribution < 1.29 is 4.79 Å². The molecule has 1 fully saturated rings. The summed E-state index contributed by atoms with van der Waals surface area (Å²) in [6, 6.07) is 8.47. The Hall–Kier alpha value is -1.53. The highest BCUT2D eigenvalue weighted by atomic mass is 35.5. The molecule has 2 aromatic rings. The fourth-order valence-corrected chi connectivity index (χ4v) is 5.16. The van der Waals surface area contributed by atoms with Crippen molar-refractivity contribution in [1.29, 1.82) is 0 Å². The lowest BCUT2D eigenvalue weighted by atomic mass is 10.2. The molecular weight excluding hydrogens is 392 g/mol. The van der Waals surface area contributed by atoms with Gasteiger partial charge in [-0.1, -0.05) is 48.3 Å². The van der Waals surface area contributed by atoms with Crippen LogP contribution in [0.3, 0.4) is 0 Å². The first-order valence-corrected chi connectivity index (χ1v) is 11.4. The predicted molar refractivity (Wildman–Crippen MR) is 116 cm³/mol. The number of rotatable bonds is 7. The van der Waals surface area contributed by atoms with Gasteiger partial charge in [-0.2, -0.15) is 0 Å². The van der Waals surface area contributed by atoms with Crippen LogP contribution in [0.2, 0.25) is 5.02 Å². The minimum absolute atomic E-state index is 0.135. The lowest BCUT2D eigenvalue weighted by Gasteiger charge is -2.30. The minimum Gasteiger partial charge on any atom is -0.337 e. The highest BCUT2D eigenvalue weighted by Gasteiger charge is 2.27. The molecule has 5 nitrogen and oxygen atoms in total. The molecule has 1 aliphatic rings. The maximum atomic E-state index is 12.8. The summed E-state index contributed by atoms with van der Waals surface area (Å²) in [5.74, 6) is 1.30. The molecule has 1 aliphatic carbocycles. The Morgan fingerprint density at radius 2 is 1.82 bits per heavy atom. The highest BCUT2D eigenvalue weighted by Crippen LogP contribution is 2.38. The molecule has 0 unspecified atom stereocenters. The van der Waals surface area contributed by atoms with Gasteiger partial charge >= 0.3 is 0 Å². The van der Waals surface area contributed by atoms with Crippen LogP contribution in [0.15, 0.2) is 29.4 Å². The normalized spacial score (nSPS) is 15.0. The third kappa shape index (κ3) is 4.54. The number of aromatic nitrogens is 3. The van der Waals surface area contributed by atoms with Crippen LogP contribution in [0.1, 0.15) is 59.4 Å². The van der Waals surface area contributed by atoms with Crippen LogP contribution >= 0.6 is 23.4 Å². The van der Waals surface area contributed by atoms with Gasteiger partial charge in [0.1, 0.15) is 0 Å². The molecule has 7 heteroatoms. The van der Waals surface area contributed by atoms with Crippen LogP contribution < -0.4 is 0 Å². The fraction of sp³-hybridized carbons (Fsp3) is 0.571. The van der Waals surface area contributed by atoms with E-state index in [1.807, 2.05) is 29.2 Å². The van der Waals surface area contributed by atoms with Crippen LogP contribution in [0.4, 0.5) is 0 Å². The van der Waals surface area contributed by atoms with Gasteiger partial charge in [-0.25, -0.2) is 0 Å². The molecule has 1 amide bonds. The van der Waals surface area contributed by atoms with Gasteiger partial charge in [0.2, 0.25) is 5.91 Å². The molecule has 152 valence electrons. The van der Waals surface area contributed by atoms with Crippen molar-refractivity contribution in [2.24, 2.45) is 0 Å². The SMILES string of the molecule is CC(C)N(C(=O)CSc1nnc(-c2ccccc2Cl)n1C1CCCC1)C(C)C. The summed E-state index contributed by atoms with van der Waals surface area (Å²) < 4.78 is 2.21. The van der Waals surface area contributed by atoms with Crippen molar-refractivity contribution in [3.05, 3.63) is 29.3 Å². The third-order valence-corrected chi connectivity index (χ3v) is 6.45. The van der Waals surface area contributed by atoms with E-state index in [1.54, 1.807) is 0 Å². The van der Waals surface area contributed by atoms with Gasteiger partial charge in [0.25, 0.3) is 0 Å². The smallest absolute Gasteiger partial charge is 0.233 e. The number of hydrogen-bond donors (Lipinski definition) is 0. The van der Waals surface area contributed by atoms with Crippen molar-refractivity contribution in [3.63, 3.8) is 0 Å². The quantitative estimate of drug-likeness (QED) is 0.558. The Balaban J connectivity index is 1.87. The largest absolute Gasteiger partial charge is 0.337 e. The Morgan fingerprint density at radius 3 is 2.43 bits per heavy atom. The van der Waals surface area contributed by atoms with E-state index >= 15 is 0 Å². The van der Waals surface area contributed by atoms with Crippen molar-refractivity contribution in [1.82, 2.24) is 19.7 Å². The van der Waals surface area contributed by atoms with E-state index in [2.05, 4.69) is 42.5 Å². The third-order valence-electron chi connectivity index (χ3n) is 5.19. The molecule has 0 atom stereocenters. The van der Waals surface area contributed by atoms with E-state index in [4.69, 9.17) is 11.6 Å². The van der Waals surface area contributed by atoms with Gasteiger partial charge in [0.05, 0.1) is 10.8 Å². The van der Waals surface area contributed by atoms with E-state index in [9.17, 15) is 4.79 Å². The van der Waals surface area contributed by atoms with Gasteiger partial charge in [-0.05, 0) is 52.7 Å². The number of nitrogens with zero attached hydrogens (tertiary/aromatic N) is 4. The van der Waals surface area contributed by atoms with Crippen LogP contribution in [0.25, 0.3) is 11.4 Å². The summed E-state index contributed by atoms with van der Waals surface area (Å²) in [6.07, 6.45) is 4.65. The Bertz CT molecular complexity index is 806. The second-order valence-corrected chi connectivity index (χ2v) is 9.22. The molecule has 0 saturated heterocycles. The zero-order valence-electron chi connectivity index (χ0n) is 17.1. The summed E-state index contributed by atoms with van der Waals surface area (Å²) in [6.45, 7) is 8.22. The fourth-order valence-electron chi connectivity index (χ4n) is 4.07. The van der Waals surface area contributed by atoms with Crippen molar-refractivity contribution in [2.45, 2.75) is 76.7 Å². The summed E-state index contributed by atoms with van der Waals surface area (Å²) in [7, 11) is 0. The average molecular weight is 421 g/mol. The summed E-state index contributed by atoms with van der Waals surface area (Å²) in [5.41, 5.74) is 0.896. The number of hydrogen-bond acceptors (Lipinski definition) is 4. The molecule has 1 aromatic carbocycles. The van der Waals surface area contributed by atoms with E-state index in [0.717, 1.165) is 29.4 Å². The molecule has 0 N–H and O–H groups in total. The van der Waals surface area contributed by atoms with Crippen LogP contribution in [0.5, 0.6) is 0 Å². The Kier molecular flexibility index (Phi) is 7.05. The molecular formula is C21H29ClN4OS. The lowest BCUT2D eigenvalue weighted by Crippen LogP contribution is -2.43. The number of benzene rings is 1. The Morgan fingerprint density at radius 1 is 1.18 bits per heavy atom. The molecule has 0 aliphatic heterocycles. The summed E-state index contributed by atoms with van der Waals surface area (Å²) in [4.78, 5) is 14.7.